The van der Waals surface area contributed by atoms with Crippen molar-refractivity contribution in [1.82, 2.24) is 0 Å². The van der Waals surface area contributed by atoms with Crippen molar-refractivity contribution in [1.29, 1.82) is 0 Å². The fourth-order valence-electron chi connectivity index (χ4n) is 3.13. The minimum absolute atomic E-state index is 0.0641. The monoisotopic (exact) mass is 255 g/mol. The third-order valence-corrected chi connectivity index (χ3v) is 4.10. The van der Waals surface area contributed by atoms with E-state index >= 15 is 0 Å². The third-order valence-electron chi connectivity index (χ3n) is 4.10. The molecule has 2 aromatic carbocycles. The number of benzene rings is 2. The first-order valence-electron chi connectivity index (χ1n) is 7.11. The van der Waals surface area contributed by atoms with Crippen LogP contribution in [0.2, 0.25) is 0 Å². The van der Waals surface area contributed by atoms with Gasteiger partial charge in [-0.15, -0.1) is 0 Å². The molecule has 2 unspecified atom stereocenters. The van der Waals surface area contributed by atoms with E-state index in [1.54, 1.807) is 0 Å². The average molecular weight is 255 g/mol. The van der Waals surface area contributed by atoms with Gasteiger partial charge in [0, 0.05) is 12.6 Å². The van der Waals surface area contributed by atoms with Gasteiger partial charge in [0.05, 0.1) is 6.10 Å². The Kier molecular flexibility index (Phi) is 3.54. The summed E-state index contributed by atoms with van der Waals surface area (Å²) in [6.07, 6.45) is 3.59. The van der Waals surface area contributed by atoms with E-state index in [0.29, 0.717) is 6.10 Å². The second kappa shape index (κ2) is 5.32. The van der Waals surface area contributed by atoms with Gasteiger partial charge in [0.25, 0.3) is 0 Å². The molecule has 2 nitrogen and oxygen atoms in total. The van der Waals surface area contributed by atoms with Gasteiger partial charge in [-0.05, 0) is 48.1 Å². The molecule has 0 radical (unpaired) electrons. The van der Waals surface area contributed by atoms with Crippen molar-refractivity contribution >= 4 is 10.8 Å². The highest BCUT2D eigenvalue weighted by Gasteiger charge is 2.21. The molecule has 2 atom stereocenters. The Hall–Kier alpha value is -1.38. The summed E-state index contributed by atoms with van der Waals surface area (Å²) in [7, 11) is 0. The molecule has 0 spiro atoms. The van der Waals surface area contributed by atoms with Crippen molar-refractivity contribution < 1.29 is 4.74 Å². The highest BCUT2D eigenvalue weighted by molar-refractivity contribution is 5.87. The molecule has 1 aliphatic rings. The topological polar surface area (TPSA) is 35.2 Å². The van der Waals surface area contributed by atoms with Gasteiger partial charge in [-0.25, -0.2) is 0 Å². The molecule has 0 aromatic heterocycles. The third kappa shape index (κ3) is 2.51. The molecule has 1 fully saturated rings. The molecule has 19 heavy (non-hydrogen) atoms. The van der Waals surface area contributed by atoms with Gasteiger partial charge in [-0.2, -0.15) is 0 Å². The summed E-state index contributed by atoms with van der Waals surface area (Å²) in [6.45, 7) is 3.04. The first-order valence-corrected chi connectivity index (χ1v) is 7.11. The minimum atomic E-state index is 0.0641. The quantitative estimate of drug-likeness (QED) is 0.907. The zero-order valence-corrected chi connectivity index (χ0v) is 11.4. The lowest BCUT2D eigenvalue weighted by Crippen LogP contribution is -2.19. The first kappa shape index (κ1) is 12.6. The fraction of sp³-hybridized carbons (Fsp3) is 0.412. The van der Waals surface area contributed by atoms with Gasteiger partial charge in [0.1, 0.15) is 0 Å². The van der Waals surface area contributed by atoms with Crippen molar-refractivity contribution in [2.24, 2.45) is 5.73 Å². The van der Waals surface area contributed by atoms with Crippen molar-refractivity contribution in [3.63, 3.8) is 0 Å². The van der Waals surface area contributed by atoms with Crippen molar-refractivity contribution in [3.05, 3.63) is 47.5 Å². The Morgan fingerprint density at radius 3 is 2.89 bits per heavy atom. The summed E-state index contributed by atoms with van der Waals surface area (Å²) in [4.78, 5) is 0. The van der Waals surface area contributed by atoms with Crippen LogP contribution in [0.4, 0.5) is 0 Å². The van der Waals surface area contributed by atoms with Crippen molar-refractivity contribution in [2.45, 2.75) is 38.3 Å². The molecule has 0 saturated carbocycles. The lowest BCUT2D eigenvalue weighted by atomic mass is 9.91. The normalized spacial score (nSPS) is 20.8. The molecule has 1 aliphatic heterocycles. The minimum Gasteiger partial charge on any atom is -0.378 e. The molecule has 100 valence electrons. The standard InChI is InChI=1S/C17H21NO/c1-12-8-9-13-5-2-3-7-15(13)17(12)16(18)11-14-6-4-10-19-14/h2-3,5,7-9,14,16H,4,6,10-11,18H2,1H3. The second-order valence-electron chi connectivity index (χ2n) is 5.49. The number of aryl methyl sites for hydroxylation is 1. The van der Waals surface area contributed by atoms with Gasteiger partial charge in [-0.3, -0.25) is 0 Å². The number of nitrogens with two attached hydrogens (primary N) is 1. The Morgan fingerprint density at radius 2 is 2.11 bits per heavy atom. The van der Waals surface area contributed by atoms with Crippen LogP contribution in [0, 0.1) is 6.92 Å². The molecule has 0 bridgehead atoms. The molecule has 2 aromatic rings. The number of hydrogen-bond acceptors (Lipinski definition) is 2. The number of ether oxygens (including phenoxy) is 1. The highest BCUT2D eigenvalue weighted by atomic mass is 16.5. The largest absolute Gasteiger partial charge is 0.378 e. The Labute approximate surface area is 114 Å². The van der Waals surface area contributed by atoms with E-state index in [-0.39, 0.29) is 6.04 Å². The van der Waals surface area contributed by atoms with Gasteiger partial charge in [-0.1, -0.05) is 36.4 Å². The summed E-state index contributed by atoms with van der Waals surface area (Å²) < 4.78 is 5.72. The zero-order valence-electron chi connectivity index (χ0n) is 11.4. The molecule has 2 N–H and O–H groups in total. The number of rotatable bonds is 3. The maximum Gasteiger partial charge on any atom is 0.0594 e. The fourth-order valence-corrected chi connectivity index (χ4v) is 3.13. The second-order valence-corrected chi connectivity index (χ2v) is 5.49. The van der Waals surface area contributed by atoms with Crippen LogP contribution in [0.25, 0.3) is 10.8 Å². The molecule has 1 heterocycles. The predicted octanol–water partition coefficient (Wildman–Crippen LogP) is 3.72. The van der Waals surface area contributed by atoms with Crippen LogP contribution in [0.3, 0.4) is 0 Å². The maximum absolute atomic E-state index is 6.46. The van der Waals surface area contributed by atoms with E-state index in [9.17, 15) is 0 Å². The predicted molar refractivity (Wildman–Crippen MR) is 79.2 cm³/mol. The highest BCUT2D eigenvalue weighted by Crippen LogP contribution is 2.31. The lowest BCUT2D eigenvalue weighted by Gasteiger charge is -2.20. The Morgan fingerprint density at radius 1 is 1.26 bits per heavy atom. The molecular formula is C17H21NO. The average Bonchev–Trinajstić information content (AvgIpc) is 2.91. The first-order chi connectivity index (χ1) is 9.25. The van der Waals surface area contributed by atoms with Gasteiger partial charge in [0.15, 0.2) is 0 Å². The van der Waals surface area contributed by atoms with E-state index < -0.39 is 0 Å². The van der Waals surface area contributed by atoms with Gasteiger partial charge in [0.2, 0.25) is 0 Å². The van der Waals surface area contributed by atoms with E-state index in [4.69, 9.17) is 10.5 Å². The molecule has 0 aliphatic carbocycles. The summed E-state index contributed by atoms with van der Waals surface area (Å²) in [5, 5.41) is 2.55. The summed E-state index contributed by atoms with van der Waals surface area (Å²) in [6, 6.07) is 12.9. The summed E-state index contributed by atoms with van der Waals surface area (Å²) >= 11 is 0. The molecule has 1 saturated heterocycles. The van der Waals surface area contributed by atoms with E-state index in [1.807, 2.05) is 0 Å². The van der Waals surface area contributed by atoms with Gasteiger partial charge < -0.3 is 10.5 Å². The van der Waals surface area contributed by atoms with Crippen LogP contribution in [0.1, 0.15) is 36.4 Å². The number of hydrogen-bond donors (Lipinski definition) is 1. The van der Waals surface area contributed by atoms with Crippen molar-refractivity contribution in [2.75, 3.05) is 6.61 Å². The van der Waals surface area contributed by atoms with Crippen LogP contribution in [-0.4, -0.2) is 12.7 Å². The van der Waals surface area contributed by atoms with E-state index in [2.05, 4.69) is 43.3 Å². The van der Waals surface area contributed by atoms with E-state index in [0.717, 1.165) is 19.4 Å². The van der Waals surface area contributed by atoms with Crippen LogP contribution in [0.5, 0.6) is 0 Å². The van der Waals surface area contributed by atoms with Crippen LogP contribution >= 0.6 is 0 Å². The summed E-state index contributed by atoms with van der Waals surface area (Å²) in [5.74, 6) is 0. The van der Waals surface area contributed by atoms with E-state index in [1.165, 1.54) is 28.3 Å². The molecule has 3 rings (SSSR count). The Bertz CT molecular complexity index is 572. The summed E-state index contributed by atoms with van der Waals surface area (Å²) in [5.41, 5.74) is 9.03. The van der Waals surface area contributed by atoms with Crippen LogP contribution < -0.4 is 5.73 Å². The van der Waals surface area contributed by atoms with Crippen LogP contribution in [0.15, 0.2) is 36.4 Å². The zero-order chi connectivity index (χ0) is 13.2. The molecule has 2 heteroatoms. The van der Waals surface area contributed by atoms with Crippen molar-refractivity contribution in [3.8, 4) is 0 Å². The smallest absolute Gasteiger partial charge is 0.0594 e. The van der Waals surface area contributed by atoms with Gasteiger partial charge >= 0.3 is 0 Å². The Balaban J connectivity index is 1.95. The maximum atomic E-state index is 6.46. The molecular weight excluding hydrogens is 234 g/mol. The van der Waals surface area contributed by atoms with Crippen LogP contribution in [-0.2, 0) is 4.74 Å². The number of fused-ring (bicyclic) bond motifs is 1. The lowest BCUT2D eigenvalue weighted by molar-refractivity contribution is 0.0984. The molecule has 0 amide bonds. The SMILES string of the molecule is Cc1ccc2ccccc2c1C(N)CC1CCCO1.